The highest BCUT2D eigenvalue weighted by Gasteiger charge is 2.27. The van der Waals surface area contributed by atoms with Gasteiger partial charge in [0.2, 0.25) is 5.91 Å². The molecule has 1 aliphatic rings. The molecule has 0 spiro atoms. The Kier molecular flexibility index (Phi) is 13.0. The van der Waals surface area contributed by atoms with Crippen LogP contribution in [0.2, 0.25) is 0 Å². The number of carbonyl (C=O) groups is 1. The summed E-state index contributed by atoms with van der Waals surface area (Å²) in [7, 11) is 1.72. The van der Waals surface area contributed by atoms with E-state index in [4.69, 9.17) is 9.15 Å². The second kappa shape index (κ2) is 14.6. The zero-order valence-corrected chi connectivity index (χ0v) is 20.1. The largest absolute Gasteiger partial charge is 0.467 e. The monoisotopic (exact) mass is 521 g/mol. The number of hydrogen-bond donors (Lipinski definition) is 3. The van der Waals surface area contributed by atoms with Crippen LogP contribution >= 0.6 is 24.0 Å². The number of morpholine rings is 1. The molecule has 2 rings (SSSR count). The van der Waals surface area contributed by atoms with Gasteiger partial charge in [-0.1, -0.05) is 26.7 Å². The van der Waals surface area contributed by atoms with E-state index in [-0.39, 0.29) is 36.4 Å². The lowest BCUT2D eigenvalue weighted by atomic mass is 9.92. The van der Waals surface area contributed by atoms with Gasteiger partial charge in [-0.2, -0.15) is 0 Å². The zero-order chi connectivity index (χ0) is 20.2. The van der Waals surface area contributed by atoms with Gasteiger partial charge >= 0.3 is 0 Å². The van der Waals surface area contributed by atoms with Crippen LogP contribution in [0.1, 0.15) is 32.4 Å². The van der Waals surface area contributed by atoms with E-state index in [1.54, 1.807) is 19.4 Å². The van der Waals surface area contributed by atoms with Crippen LogP contribution in [0, 0.1) is 5.92 Å². The molecule has 8 nitrogen and oxygen atoms in total. The standard InChI is InChI=1S/C20H35N5O3.HI/c1-4-16(5-2)18(25-8-11-27-12-9-25)14-23-20(21-3)24-15-19(26)22-13-17-7-6-10-28-17;/h6-7,10,16,18H,4-5,8-9,11-15H2,1-3H3,(H,22,26)(H2,21,23,24);1H. The minimum Gasteiger partial charge on any atom is -0.467 e. The fourth-order valence-electron chi connectivity index (χ4n) is 3.58. The molecule has 1 atom stereocenters. The lowest BCUT2D eigenvalue weighted by Crippen LogP contribution is -2.53. The molecule has 0 bridgehead atoms. The first-order chi connectivity index (χ1) is 13.7. The molecule has 1 unspecified atom stereocenters. The first kappa shape index (κ1) is 25.7. The highest BCUT2D eigenvalue weighted by molar-refractivity contribution is 14.0. The summed E-state index contributed by atoms with van der Waals surface area (Å²) in [4.78, 5) is 18.8. The van der Waals surface area contributed by atoms with Crippen molar-refractivity contribution in [3.63, 3.8) is 0 Å². The normalized spacial score (nSPS) is 16.2. The van der Waals surface area contributed by atoms with Gasteiger partial charge in [0.15, 0.2) is 5.96 Å². The number of aliphatic imine (C=N–C) groups is 1. The molecule has 0 aliphatic carbocycles. The second-order valence-electron chi connectivity index (χ2n) is 6.96. The molecule has 2 heterocycles. The van der Waals surface area contributed by atoms with Gasteiger partial charge in [-0.25, -0.2) is 0 Å². The number of ether oxygens (including phenoxy) is 1. The summed E-state index contributed by atoms with van der Waals surface area (Å²) in [5, 5.41) is 9.30. The molecule has 1 aromatic rings. The van der Waals surface area contributed by atoms with E-state index in [1.165, 1.54) is 0 Å². The number of guanidine groups is 1. The molecular formula is C20H36IN5O3. The number of nitrogens with zero attached hydrogens (tertiary/aromatic N) is 2. The zero-order valence-electron chi connectivity index (χ0n) is 17.8. The maximum Gasteiger partial charge on any atom is 0.239 e. The number of rotatable bonds is 10. The molecule has 0 saturated carbocycles. The van der Waals surface area contributed by atoms with Gasteiger partial charge in [-0.05, 0) is 18.1 Å². The maximum atomic E-state index is 12.0. The molecule has 166 valence electrons. The van der Waals surface area contributed by atoms with Crippen molar-refractivity contribution in [1.29, 1.82) is 0 Å². The molecule has 1 amide bonds. The van der Waals surface area contributed by atoms with Gasteiger partial charge in [0.25, 0.3) is 0 Å². The van der Waals surface area contributed by atoms with Crippen LogP contribution in [-0.2, 0) is 16.1 Å². The van der Waals surface area contributed by atoms with Crippen LogP contribution in [0.25, 0.3) is 0 Å². The first-order valence-corrected chi connectivity index (χ1v) is 10.2. The van der Waals surface area contributed by atoms with Gasteiger partial charge in [-0.3, -0.25) is 14.7 Å². The minimum absolute atomic E-state index is 0. The SMILES string of the molecule is CCC(CC)C(CNC(=NC)NCC(=O)NCc1ccco1)N1CCOCC1.I. The molecule has 1 aromatic heterocycles. The fourth-order valence-corrected chi connectivity index (χ4v) is 3.58. The highest BCUT2D eigenvalue weighted by Crippen LogP contribution is 2.19. The third kappa shape index (κ3) is 8.91. The van der Waals surface area contributed by atoms with Crippen LogP contribution in [0.5, 0.6) is 0 Å². The molecule has 0 aromatic carbocycles. The summed E-state index contributed by atoms with van der Waals surface area (Å²) >= 11 is 0. The Morgan fingerprint density at radius 2 is 1.93 bits per heavy atom. The van der Waals surface area contributed by atoms with Crippen molar-refractivity contribution in [2.45, 2.75) is 39.3 Å². The number of furan rings is 1. The summed E-state index contributed by atoms with van der Waals surface area (Å²) < 4.78 is 10.7. The lowest BCUT2D eigenvalue weighted by molar-refractivity contribution is -0.120. The molecule has 3 N–H and O–H groups in total. The Bertz CT molecular complexity index is 587. The number of nitrogens with one attached hydrogen (secondary N) is 3. The van der Waals surface area contributed by atoms with Crippen LogP contribution in [-0.4, -0.2) is 69.2 Å². The summed E-state index contributed by atoms with van der Waals surface area (Å²) in [5.41, 5.74) is 0. The van der Waals surface area contributed by atoms with Gasteiger partial charge in [0, 0.05) is 32.7 Å². The number of amides is 1. The van der Waals surface area contributed by atoms with E-state index in [0.717, 1.165) is 51.4 Å². The van der Waals surface area contributed by atoms with Crippen molar-refractivity contribution in [2.75, 3.05) is 46.4 Å². The Balaban J connectivity index is 0.00000420. The second-order valence-corrected chi connectivity index (χ2v) is 6.96. The number of hydrogen-bond acceptors (Lipinski definition) is 5. The number of halogens is 1. The highest BCUT2D eigenvalue weighted by atomic mass is 127. The number of carbonyl (C=O) groups excluding carboxylic acids is 1. The van der Waals surface area contributed by atoms with E-state index in [9.17, 15) is 4.79 Å². The third-order valence-electron chi connectivity index (χ3n) is 5.27. The van der Waals surface area contributed by atoms with Crippen molar-refractivity contribution >= 4 is 35.8 Å². The van der Waals surface area contributed by atoms with E-state index < -0.39 is 0 Å². The summed E-state index contributed by atoms with van der Waals surface area (Å²) in [6.07, 6.45) is 3.87. The minimum atomic E-state index is -0.107. The van der Waals surface area contributed by atoms with Gasteiger partial charge in [0.1, 0.15) is 5.76 Å². The molecule has 1 fully saturated rings. The Morgan fingerprint density at radius 3 is 2.52 bits per heavy atom. The van der Waals surface area contributed by atoms with Crippen molar-refractivity contribution in [3.05, 3.63) is 24.2 Å². The summed E-state index contributed by atoms with van der Waals surface area (Å²) in [6.45, 7) is 9.34. The molecule has 1 saturated heterocycles. The Hall–Kier alpha value is -1.33. The fraction of sp³-hybridized carbons (Fsp3) is 0.700. The lowest BCUT2D eigenvalue weighted by Gasteiger charge is -2.39. The quantitative estimate of drug-likeness (QED) is 0.247. The molecule has 1 aliphatic heterocycles. The Labute approximate surface area is 191 Å². The third-order valence-corrected chi connectivity index (χ3v) is 5.27. The molecule has 29 heavy (non-hydrogen) atoms. The average molecular weight is 521 g/mol. The smallest absolute Gasteiger partial charge is 0.239 e. The molecular weight excluding hydrogens is 485 g/mol. The van der Waals surface area contributed by atoms with Crippen LogP contribution in [0.3, 0.4) is 0 Å². The maximum absolute atomic E-state index is 12.0. The van der Waals surface area contributed by atoms with Gasteiger partial charge < -0.3 is 25.1 Å². The van der Waals surface area contributed by atoms with Crippen LogP contribution in [0.15, 0.2) is 27.8 Å². The van der Waals surface area contributed by atoms with E-state index >= 15 is 0 Å². The van der Waals surface area contributed by atoms with E-state index in [2.05, 4.69) is 39.7 Å². The van der Waals surface area contributed by atoms with Gasteiger partial charge in [0.05, 0.1) is 32.6 Å². The predicted molar refractivity (Wildman–Crippen MR) is 126 cm³/mol. The Morgan fingerprint density at radius 1 is 1.21 bits per heavy atom. The van der Waals surface area contributed by atoms with Crippen molar-refractivity contribution < 1.29 is 13.9 Å². The first-order valence-electron chi connectivity index (χ1n) is 10.2. The average Bonchev–Trinajstić information content (AvgIpc) is 3.26. The summed E-state index contributed by atoms with van der Waals surface area (Å²) in [6, 6.07) is 4.05. The summed E-state index contributed by atoms with van der Waals surface area (Å²) in [5.74, 6) is 1.87. The topological polar surface area (TPSA) is 91.1 Å². The van der Waals surface area contributed by atoms with Crippen molar-refractivity contribution in [3.8, 4) is 0 Å². The van der Waals surface area contributed by atoms with Crippen molar-refractivity contribution in [1.82, 2.24) is 20.9 Å². The molecule has 9 heteroatoms. The van der Waals surface area contributed by atoms with Crippen molar-refractivity contribution in [2.24, 2.45) is 10.9 Å². The van der Waals surface area contributed by atoms with E-state index in [0.29, 0.717) is 24.5 Å². The predicted octanol–water partition coefficient (Wildman–Crippen LogP) is 1.82. The van der Waals surface area contributed by atoms with E-state index in [1.807, 2.05) is 6.07 Å². The van der Waals surface area contributed by atoms with Gasteiger partial charge in [-0.15, -0.1) is 24.0 Å². The van der Waals surface area contributed by atoms with Crippen LogP contribution < -0.4 is 16.0 Å². The van der Waals surface area contributed by atoms with Crippen LogP contribution in [0.4, 0.5) is 0 Å². The molecule has 0 radical (unpaired) electrons.